The van der Waals surface area contributed by atoms with Crippen molar-refractivity contribution in [1.82, 2.24) is 4.98 Å². The highest BCUT2D eigenvalue weighted by atomic mass is 32.1. The number of hydrogen-bond acceptors (Lipinski definition) is 5. The molecular formula is C18H18N4O2S. The summed E-state index contributed by atoms with van der Waals surface area (Å²) in [6.45, 7) is 1.44. The Morgan fingerprint density at radius 1 is 1.04 bits per heavy atom. The average molecular weight is 354 g/mol. The van der Waals surface area contributed by atoms with Crippen LogP contribution in [0.2, 0.25) is 0 Å². The zero-order chi connectivity index (χ0) is 18.0. The first-order valence-corrected chi connectivity index (χ1v) is 8.51. The molecule has 0 saturated heterocycles. The predicted octanol–water partition coefficient (Wildman–Crippen LogP) is 3.57. The Morgan fingerprint density at radius 3 is 2.40 bits per heavy atom. The molecule has 2 N–H and O–H groups in total. The molecule has 7 heteroatoms. The highest BCUT2D eigenvalue weighted by molar-refractivity contribution is 7.22. The minimum Gasteiger partial charge on any atom is -0.378 e. The first kappa shape index (κ1) is 16.9. The molecule has 3 aromatic rings. The van der Waals surface area contributed by atoms with Gasteiger partial charge in [-0.3, -0.25) is 9.59 Å². The number of aromatic nitrogens is 1. The number of benzene rings is 2. The third kappa shape index (κ3) is 3.95. The first-order chi connectivity index (χ1) is 11.9. The maximum absolute atomic E-state index is 12.4. The summed E-state index contributed by atoms with van der Waals surface area (Å²) in [5.74, 6) is -0.329. The van der Waals surface area contributed by atoms with Gasteiger partial charge in [0.25, 0.3) is 5.91 Å². The van der Waals surface area contributed by atoms with E-state index in [2.05, 4.69) is 15.6 Å². The molecule has 25 heavy (non-hydrogen) atoms. The van der Waals surface area contributed by atoms with Crippen molar-refractivity contribution in [3.05, 3.63) is 48.0 Å². The van der Waals surface area contributed by atoms with Crippen LogP contribution in [0, 0.1) is 0 Å². The smallest absolute Gasteiger partial charge is 0.255 e. The molecule has 0 aliphatic rings. The van der Waals surface area contributed by atoms with Gasteiger partial charge in [-0.15, -0.1) is 0 Å². The van der Waals surface area contributed by atoms with Crippen molar-refractivity contribution in [2.45, 2.75) is 6.92 Å². The van der Waals surface area contributed by atoms with Gasteiger partial charge in [0.2, 0.25) is 5.91 Å². The van der Waals surface area contributed by atoms with Crippen molar-refractivity contribution in [2.75, 3.05) is 29.6 Å². The zero-order valence-electron chi connectivity index (χ0n) is 14.2. The Bertz CT molecular complexity index is 932. The summed E-state index contributed by atoms with van der Waals surface area (Å²) in [5.41, 5.74) is 3.09. The van der Waals surface area contributed by atoms with Gasteiger partial charge in [-0.05, 0) is 42.5 Å². The lowest BCUT2D eigenvalue weighted by molar-refractivity contribution is -0.114. The van der Waals surface area contributed by atoms with Gasteiger partial charge in [-0.1, -0.05) is 11.3 Å². The van der Waals surface area contributed by atoms with Crippen LogP contribution in [0.15, 0.2) is 42.5 Å². The van der Waals surface area contributed by atoms with Crippen molar-refractivity contribution < 1.29 is 9.59 Å². The number of carbonyl (C=O) groups is 2. The Labute approximate surface area is 149 Å². The van der Waals surface area contributed by atoms with Crippen molar-refractivity contribution in [1.29, 1.82) is 0 Å². The number of nitrogens with zero attached hydrogens (tertiary/aromatic N) is 2. The van der Waals surface area contributed by atoms with Gasteiger partial charge in [0.05, 0.1) is 10.2 Å². The third-order valence-corrected chi connectivity index (χ3v) is 4.51. The highest BCUT2D eigenvalue weighted by Crippen LogP contribution is 2.28. The van der Waals surface area contributed by atoms with Crippen LogP contribution in [0.1, 0.15) is 17.3 Å². The van der Waals surface area contributed by atoms with Gasteiger partial charge in [0, 0.05) is 38.0 Å². The second-order valence-corrected chi connectivity index (χ2v) is 6.81. The van der Waals surface area contributed by atoms with E-state index in [0.717, 1.165) is 15.9 Å². The SMILES string of the molecule is CC(=O)Nc1nc2ccc(NC(=O)c3ccc(N(C)C)cc3)cc2s1. The number of rotatable bonds is 4. The Hall–Kier alpha value is -2.93. The second kappa shape index (κ2) is 6.90. The van der Waals surface area contributed by atoms with Gasteiger partial charge in [-0.25, -0.2) is 4.98 Å². The summed E-state index contributed by atoms with van der Waals surface area (Å²) in [4.78, 5) is 29.8. The fourth-order valence-electron chi connectivity index (χ4n) is 2.32. The van der Waals surface area contributed by atoms with Gasteiger partial charge in [0.1, 0.15) is 0 Å². The number of amides is 2. The number of fused-ring (bicyclic) bond motifs is 1. The predicted molar refractivity (Wildman–Crippen MR) is 103 cm³/mol. The zero-order valence-corrected chi connectivity index (χ0v) is 15.0. The Balaban J connectivity index is 1.77. The minimum absolute atomic E-state index is 0.159. The monoisotopic (exact) mass is 354 g/mol. The van der Waals surface area contributed by atoms with E-state index in [1.165, 1.54) is 18.3 Å². The van der Waals surface area contributed by atoms with Crippen molar-refractivity contribution in [3.8, 4) is 0 Å². The number of nitrogens with one attached hydrogen (secondary N) is 2. The largest absolute Gasteiger partial charge is 0.378 e. The standard InChI is InChI=1S/C18H18N4O2S/c1-11(23)19-18-21-15-9-6-13(10-16(15)25-18)20-17(24)12-4-7-14(8-5-12)22(2)3/h4-10H,1-3H3,(H,20,24)(H,19,21,23). The van der Waals surface area contributed by atoms with E-state index in [-0.39, 0.29) is 11.8 Å². The van der Waals surface area contributed by atoms with E-state index in [0.29, 0.717) is 16.4 Å². The van der Waals surface area contributed by atoms with Crippen LogP contribution in [0.3, 0.4) is 0 Å². The average Bonchev–Trinajstić information content (AvgIpc) is 2.95. The molecule has 3 rings (SSSR count). The van der Waals surface area contributed by atoms with E-state index in [1.54, 1.807) is 18.2 Å². The quantitative estimate of drug-likeness (QED) is 0.751. The van der Waals surface area contributed by atoms with Gasteiger partial charge in [-0.2, -0.15) is 0 Å². The molecule has 1 aromatic heterocycles. The summed E-state index contributed by atoms with van der Waals surface area (Å²) in [6.07, 6.45) is 0. The summed E-state index contributed by atoms with van der Waals surface area (Å²) in [5, 5.41) is 6.11. The lowest BCUT2D eigenvalue weighted by Crippen LogP contribution is -2.13. The summed E-state index contributed by atoms with van der Waals surface area (Å²) < 4.78 is 0.893. The second-order valence-electron chi connectivity index (χ2n) is 5.78. The summed E-state index contributed by atoms with van der Waals surface area (Å²) in [6, 6.07) is 12.9. The summed E-state index contributed by atoms with van der Waals surface area (Å²) in [7, 11) is 3.91. The van der Waals surface area contributed by atoms with E-state index in [4.69, 9.17) is 0 Å². The molecule has 6 nitrogen and oxygen atoms in total. The molecule has 0 fully saturated rings. The molecule has 0 aliphatic carbocycles. The molecule has 0 unspecified atom stereocenters. The molecule has 0 aliphatic heterocycles. The molecule has 0 bridgehead atoms. The molecule has 2 amide bonds. The lowest BCUT2D eigenvalue weighted by atomic mass is 10.2. The fraction of sp³-hybridized carbons (Fsp3) is 0.167. The van der Waals surface area contributed by atoms with Crippen LogP contribution in [-0.4, -0.2) is 30.9 Å². The number of anilines is 3. The van der Waals surface area contributed by atoms with Gasteiger partial charge in [0.15, 0.2) is 5.13 Å². The van der Waals surface area contributed by atoms with Crippen LogP contribution in [0.25, 0.3) is 10.2 Å². The van der Waals surface area contributed by atoms with Crippen molar-refractivity contribution >= 4 is 49.9 Å². The normalized spacial score (nSPS) is 10.5. The topological polar surface area (TPSA) is 74.3 Å². The summed E-state index contributed by atoms with van der Waals surface area (Å²) >= 11 is 1.37. The lowest BCUT2D eigenvalue weighted by Gasteiger charge is -2.12. The molecule has 0 spiro atoms. The van der Waals surface area contributed by atoms with Crippen LogP contribution in [0.4, 0.5) is 16.5 Å². The van der Waals surface area contributed by atoms with Crippen molar-refractivity contribution in [2.24, 2.45) is 0 Å². The van der Waals surface area contributed by atoms with E-state index >= 15 is 0 Å². The van der Waals surface area contributed by atoms with Gasteiger partial charge < -0.3 is 15.5 Å². The van der Waals surface area contributed by atoms with E-state index < -0.39 is 0 Å². The third-order valence-electron chi connectivity index (χ3n) is 3.58. The van der Waals surface area contributed by atoms with Crippen LogP contribution >= 0.6 is 11.3 Å². The number of thiazole rings is 1. The van der Waals surface area contributed by atoms with Crippen LogP contribution in [0.5, 0.6) is 0 Å². The molecule has 2 aromatic carbocycles. The minimum atomic E-state index is -0.170. The van der Waals surface area contributed by atoms with E-state index in [9.17, 15) is 9.59 Å². The fourth-order valence-corrected chi connectivity index (χ4v) is 3.27. The maximum Gasteiger partial charge on any atom is 0.255 e. The molecule has 0 atom stereocenters. The van der Waals surface area contributed by atoms with Gasteiger partial charge >= 0.3 is 0 Å². The molecule has 0 saturated carbocycles. The molecule has 1 heterocycles. The number of carbonyl (C=O) groups excluding carboxylic acids is 2. The molecule has 0 radical (unpaired) electrons. The van der Waals surface area contributed by atoms with Crippen LogP contribution < -0.4 is 15.5 Å². The molecular weight excluding hydrogens is 336 g/mol. The van der Waals surface area contributed by atoms with Crippen LogP contribution in [-0.2, 0) is 4.79 Å². The Morgan fingerprint density at radius 2 is 1.76 bits per heavy atom. The highest BCUT2D eigenvalue weighted by Gasteiger charge is 2.09. The molecule has 128 valence electrons. The first-order valence-electron chi connectivity index (χ1n) is 7.69. The van der Waals surface area contributed by atoms with E-state index in [1.807, 2.05) is 43.3 Å². The maximum atomic E-state index is 12.4. The van der Waals surface area contributed by atoms with Crippen molar-refractivity contribution in [3.63, 3.8) is 0 Å². The number of hydrogen-bond donors (Lipinski definition) is 2. The Kier molecular flexibility index (Phi) is 4.67.